The maximum absolute atomic E-state index is 14.4. The molecule has 9 heteroatoms. The summed E-state index contributed by atoms with van der Waals surface area (Å²) in [5.74, 6) is -1.11. The number of carbonyl (C=O) groups excluding carboxylic acids is 2. The third-order valence-corrected chi connectivity index (χ3v) is 10.1. The van der Waals surface area contributed by atoms with E-state index in [1.807, 2.05) is 55.4 Å². The van der Waals surface area contributed by atoms with E-state index in [1.165, 1.54) is 32.1 Å². The molecule has 0 aromatic rings. The van der Waals surface area contributed by atoms with Crippen LogP contribution in [0.15, 0.2) is 0 Å². The summed E-state index contributed by atoms with van der Waals surface area (Å²) < 4.78 is 17.8. The highest BCUT2D eigenvalue weighted by Crippen LogP contribution is 2.43. The van der Waals surface area contributed by atoms with Crippen molar-refractivity contribution in [1.29, 1.82) is 0 Å². The molecule has 2 rings (SSSR count). The molecule has 45 heavy (non-hydrogen) atoms. The Morgan fingerprint density at radius 3 is 1.29 bits per heavy atom. The molecule has 0 atom stereocenters. The van der Waals surface area contributed by atoms with Crippen molar-refractivity contribution in [2.75, 3.05) is 13.7 Å². The van der Waals surface area contributed by atoms with Crippen molar-refractivity contribution in [3.8, 4) is 0 Å². The number of nitrogens with zero attached hydrogens (tertiary/aromatic N) is 2. The molecule has 0 amide bonds. The standard InChI is InChI=1S/C36H66N2O7/c1-11-12-13-14-15-16-17-18-19-21-36(22-20-23-43-10,30(39)44-28-24-32(2,3)37(41)33(4,5)25-28)31(40)45-29-26-34(6,7)38(42)35(8,9)27-29/h28-29H,11-27H2,1-10H3. The zero-order valence-electron chi connectivity index (χ0n) is 30.4. The Labute approximate surface area is 274 Å². The summed E-state index contributed by atoms with van der Waals surface area (Å²) in [4.78, 5) is 28.7. The third-order valence-electron chi connectivity index (χ3n) is 10.1. The number of carbonyl (C=O) groups is 2. The molecular formula is C36H66N2O7. The molecule has 0 bridgehead atoms. The number of methoxy groups -OCH3 is 1. The number of ether oxygens (including phenoxy) is 3. The van der Waals surface area contributed by atoms with E-state index in [-0.39, 0.29) is 6.42 Å². The quantitative estimate of drug-likeness (QED) is 0.0847. The summed E-state index contributed by atoms with van der Waals surface area (Å²) in [6.45, 7) is 17.6. The third kappa shape index (κ3) is 10.9. The summed E-state index contributed by atoms with van der Waals surface area (Å²) in [6, 6.07) is 0. The van der Waals surface area contributed by atoms with Crippen LogP contribution in [0.1, 0.15) is 165 Å². The maximum Gasteiger partial charge on any atom is 0.323 e. The molecule has 0 saturated carbocycles. The van der Waals surface area contributed by atoms with Gasteiger partial charge in [-0.1, -0.05) is 64.7 Å². The first kappa shape index (κ1) is 39.9. The summed E-state index contributed by atoms with van der Waals surface area (Å²) in [5, 5.41) is 28.2. The molecule has 0 N–H and O–H groups in total. The molecule has 0 spiro atoms. The smallest absolute Gasteiger partial charge is 0.323 e. The predicted molar refractivity (Wildman–Crippen MR) is 175 cm³/mol. The fourth-order valence-corrected chi connectivity index (χ4v) is 7.91. The van der Waals surface area contributed by atoms with Crippen molar-refractivity contribution in [1.82, 2.24) is 10.1 Å². The lowest BCUT2D eigenvalue weighted by Gasteiger charge is -2.50. The van der Waals surface area contributed by atoms with Crippen molar-refractivity contribution in [2.24, 2.45) is 5.41 Å². The van der Waals surface area contributed by atoms with Gasteiger partial charge in [0, 0.05) is 61.6 Å². The van der Waals surface area contributed by atoms with Crippen molar-refractivity contribution < 1.29 is 34.2 Å². The average molecular weight is 639 g/mol. The second-order valence-electron chi connectivity index (χ2n) is 16.5. The Morgan fingerprint density at radius 1 is 0.600 bits per heavy atom. The van der Waals surface area contributed by atoms with Crippen LogP contribution in [0.25, 0.3) is 0 Å². The van der Waals surface area contributed by atoms with Gasteiger partial charge in [0.15, 0.2) is 5.41 Å². The predicted octanol–water partition coefficient (Wildman–Crippen LogP) is 8.14. The minimum Gasteiger partial charge on any atom is -0.461 e. The summed E-state index contributed by atoms with van der Waals surface area (Å²) in [6.07, 6.45) is 11.7. The summed E-state index contributed by atoms with van der Waals surface area (Å²) in [7, 11) is 1.61. The highest BCUT2D eigenvalue weighted by molar-refractivity contribution is 6.00. The van der Waals surface area contributed by atoms with Crippen molar-refractivity contribution in [3.63, 3.8) is 0 Å². The van der Waals surface area contributed by atoms with Crippen LogP contribution in [-0.2, 0) is 34.2 Å². The Hall–Kier alpha value is -1.26. The molecular weight excluding hydrogens is 572 g/mol. The number of piperidine rings is 2. The molecule has 2 heterocycles. The van der Waals surface area contributed by atoms with Gasteiger partial charge in [-0.05, 0) is 74.7 Å². The molecule has 9 nitrogen and oxygen atoms in total. The van der Waals surface area contributed by atoms with Gasteiger partial charge >= 0.3 is 11.9 Å². The largest absolute Gasteiger partial charge is 0.461 e. The molecule has 0 unspecified atom stereocenters. The van der Waals surface area contributed by atoms with Gasteiger partial charge in [0.05, 0.1) is 0 Å². The van der Waals surface area contributed by atoms with Crippen LogP contribution < -0.4 is 0 Å². The number of hydrogen-bond donors (Lipinski definition) is 0. The van der Waals surface area contributed by atoms with Crippen LogP contribution in [0.3, 0.4) is 0 Å². The van der Waals surface area contributed by atoms with Gasteiger partial charge in [0.25, 0.3) is 0 Å². The van der Waals surface area contributed by atoms with Crippen LogP contribution in [0.5, 0.6) is 0 Å². The molecule has 2 fully saturated rings. The number of unbranched alkanes of at least 4 members (excludes halogenated alkanes) is 8. The first-order valence-electron chi connectivity index (χ1n) is 17.7. The SMILES string of the molecule is CCCCCCCCCCCC(CCCOC)(C(=O)OC1CC(C)(C)N([O])C(C)(C)C1)C(=O)OC1CC(C)(C)N([O])C(C)(C)C1. The fraction of sp³-hybridized carbons (Fsp3) is 0.944. The Kier molecular flexibility index (Phi) is 14.8. The van der Waals surface area contributed by atoms with E-state index in [4.69, 9.17) is 14.2 Å². The zero-order valence-corrected chi connectivity index (χ0v) is 30.4. The van der Waals surface area contributed by atoms with Gasteiger partial charge in [-0.25, -0.2) is 0 Å². The van der Waals surface area contributed by atoms with E-state index in [0.29, 0.717) is 51.6 Å². The van der Waals surface area contributed by atoms with Crippen LogP contribution in [0, 0.1) is 5.41 Å². The van der Waals surface area contributed by atoms with Gasteiger partial charge in [-0.3, -0.25) is 9.59 Å². The van der Waals surface area contributed by atoms with Gasteiger partial charge in [0.1, 0.15) is 12.2 Å². The molecule has 0 aliphatic carbocycles. The molecule has 2 aliphatic rings. The van der Waals surface area contributed by atoms with Gasteiger partial charge in [0.2, 0.25) is 0 Å². The molecule has 0 aromatic heterocycles. The highest BCUT2D eigenvalue weighted by Gasteiger charge is 2.54. The van der Waals surface area contributed by atoms with Crippen molar-refractivity contribution >= 4 is 11.9 Å². The zero-order chi connectivity index (χ0) is 34.1. The van der Waals surface area contributed by atoms with Crippen molar-refractivity contribution in [3.05, 3.63) is 0 Å². The molecule has 2 saturated heterocycles. The monoisotopic (exact) mass is 638 g/mol. The van der Waals surface area contributed by atoms with Gasteiger partial charge in [-0.15, -0.1) is 20.5 Å². The molecule has 2 aliphatic heterocycles. The van der Waals surface area contributed by atoms with Crippen LogP contribution in [-0.4, -0.2) is 70.1 Å². The van der Waals surface area contributed by atoms with E-state index in [0.717, 1.165) is 29.4 Å². The van der Waals surface area contributed by atoms with Crippen LogP contribution >= 0.6 is 0 Å². The molecule has 0 aromatic carbocycles. The summed E-state index contributed by atoms with van der Waals surface area (Å²) in [5.41, 5.74) is -4.34. The lowest BCUT2D eigenvalue weighted by atomic mass is 9.76. The second-order valence-corrected chi connectivity index (χ2v) is 16.5. The first-order chi connectivity index (χ1) is 20.8. The molecule has 262 valence electrons. The fourth-order valence-electron chi connectivity index (χ4n) is 7.91. The van der Waals surface area contributed by atoms with E-state index < -0.39 is 51.7 Å². The lowest BCUT2D eigenvalue weighted by Crippen LogP contribution is -2.61. The number of esters is 2. The van der Waals surface area contributed by atoms with E-state index >= 15 is 0 Å². The van der Waals surface area contributed by atoms with Crippen LogP contribution in [0.2, 0.25) is 0 Å². The van der Waals surface area contributed by atoms with Gasteiger partial charge < -0.3 is 14.2 Å². The van der Waals surface area contributed by atoms with Gasteiger partial charge in [-0.2, -0.15) is 0 Å². The first-order valence-corrected chi connectivity index (χ1v) is 17.7. The number of hydroxylamine groups is 4. The maximum atomic E-state index is 14.4. The lowest BCUT2D eigenvalue weighted by molar-refractivity contribution is -0.301. The Bertz CT molecular complexity index is 840. The second kappa shape index (κ2) is 16.7. The highest BCUT2D eigenvalue weighted by atomic mass is 16.6. The van der Waals surface area contributed by atoms with E-state index in [2.05, 4.69) is 6.92 Å². The minimum atomic E-state index is -1.48. The molecule has 2 radical (unpaired) electrons. The average Bonchev–Trinajstić information content (AvgIpc) is 2.92. The number of hydrogen-bond acceptors (Lipinski definition) is 7. The summed E-state index contributed by atoms with van der Waals surface area (Å²) >= 11 is 0. The normalized spacial score (nSPS) is 22.3. The number of rotatable bonds is 18. The van der Waals surface area contributed by atoms with E-state index in [9.17, 15) is 20.0 Å². The van der Waals surface area contributed by atoms with Crippen LogP contribution in [0.4, 0.5) is 0 Å². The Morgan fingerprint density at radius 2 is 0.933 bits per heavy atom. The Balaban J connectivity index is 2.31. The topological polar surface area (TPSA) is 108 Å². The minimum absolute atomic E-state index is 0.260. The van der Waals surface area contributed by atoms with E-state index in [1.54, 1.807) is 7.11 Å². The van der Waals surface area contributed by atoms with Crippen molar-refractivity contribution in [2.45, 2.75) is 199 Å².